The van der Waals surface area contributed by atoms with Crippen LogP contribution in [0.25, 0.3) is 5.52 Å². The van der Waals surface area contributed by atoms with E-state index in [4.69, 9.17) is 0 Å². The molecule has 0 bridgehead atoms. The van der Waals surface area contributed by atoms with Gasteiger partial charge < -0.3 is 14.1 Å². The van der Waals surface area contributed by atoms with Crippen LogP contribution >= 0.6 is 12.4 Å². The quantitative estimate of drug-likeness (QED) is 0.692. The summed E-state index contributed by atoms with van der Waals surface area (Å²) in [5.41, 5.74) is -1.13. The Bertz CT molecular complexity index is 1120. The third-order valence-electron chi connectivity index (χ3n) is 4.14. The van der Waals surface area contributed by atoms with Crippen molar-refractivity contribution in [3.8, 4) is 5.75 Å². The van der Waals surface area contributed by atoms with Gasteiger partial charge in [-0.05, 0) is 17.7 Å². The van der Waals surface area contributed by atoms with Crippen LogP contribution in [0.1, 0.15) is 29.8 Å². The fourth-order valence-corrected chi connectivity index (χ4v) is 2.70. The first-order chi connectivity index (χ1) is 12.3. The number of benzene rings is 1. The Balaban J connectivity index is 0.00000261. The minimum Gasteiger partial charge on any atom is -0.503 e. The molecule has 0 aliphatic heterocycles. The number of hydrogen-bond donors (Lipinski definition) is 1. The van der Waals surface area contributed by atoms with Crippen molar-refractivity contribution in [1.29, 1.82) is 0 Å². The third kappa shape index (κ3) is 3.78. The van der Waals surface area contributed by atoms with Gasteiger partial charge in [-0.3, -0.25) is 14.4 Å². The zero-order chi connectivity index (χ0) is 19.0. The lowest BCUT2D eigenvalue weighted by Crippen LogP contribution is -2.27. The standard InChI is InChI=1S/C19H17FN2O4.ClH/c1-11(2)16(23)14-10-21-7-8-22(9-12-3-5-13(20)6-4-12)19(26)15(21)18(25)17(14)24;/h3-8,10-11,25H,9H2,1-2H3;1H. The summed E-state index contributed by atoms with van der Waals surface area (Å²) in [4.78, 5) is 37.1. The molecular weight excluding hydrogens is 375 g/mol. The van der Waals surface area contributed by atoms with Gasteiger partial charge in [0.1, 0.15) is 5.82 Å². The molecule has 0 atom stereocenters. The molecule has 1 aromatic carbocycles. The highest BCUT2D eigenvalue weighted by Crippen LogP contribution is 2.14. The number of halogens is 2. The topological polar surface area (TPSA) is 80.8 Å². The van der Waals surface area contributed by atoms with Gasteiger partial charge in [0.05, 0.1) is 12.1 Å². The number of hydrogen-bond acceptors (Lipinski definition) is 4. The molecule has 6 nitrogen and oxygen atoms in total. The van der Waals surface area contributed by atoms with Crippen molar-refractivity contribution in [3.63, 3.8) is 0 Å². The lowest BCUT2D eigenvalue weighted by Gasteiger charge is -2.11. The predicted molar refractivity (Wildman–Crippen MR) is 102 cm³/mol. The fraction of sp³-hybridized carbons (Fsp3) is 0.211. The number of pyridine rings is 1. The smallest absolute Gasteiger partial charge is 0.279 e. The van der Waals surface area contributed by atoms with E-state index in [2.05, 4.69) is 0 Å². The molecule has 0 fully saturated rings. The largest absolute Gasteiger partial charge is 0.503 e. The first-order valence-electron chi connectivity index (χ1n) is 8.05. The van der Waals surface area contributed by atoms with Crippen molar-refractivity contribution in [2.45, 2.75) is 20.4 Å². The van der Waals surface area contributed by atoms with Crippen molar-refractivity contribution < 1.29 is 14.3 Å². The van der Waals surface area contributed by atoms with E-state index in [-0.39, 0.29) is 35.8 Å². The number of carbonyl (C=O) groups is 1. The summed E-state index contributed by atoms with van der Waals surface area (Å²) in [6.45, 7) is 3.44. The maximum Gasteiger partial charge on any atom is 0.279 e. The zero-order valence-corrected chi connectivity index (χ0v) is 15.5. The molecule has 3 aromatic rings. The normalized spacial score (nSPS) is 10.8. The van der Waals surface area contributed by atoms with Crippen LogP contribution in [-0.4, -0.2) is 19.9 Å². The summed E-state index contributed by atoms with van der Waals surface area (Å²) in [5.74, 6) is -1.96. The van der Waals surface area contributed by atoms with Crippen LogP contribution in [0, 0.1) is 11.7 Å². The third-order valence-corrected chi connectivity index (χ3v) is 4.14. The molecule has 0 saturated carbocycles. The van der Waals surface area contributed by atoms with Crippen LogP contribution in [0.5, 0.6) is 5.75 Å². The molecule has 0 radical (unpaired) electrons. The van der Waals surface area contributed by atoms with Crippen molar-refractivity contribution in [3.05, 3.63) is 80.4 Å². The number of nitrogens with zero attached hydrogens (tertiary/aromatic N) is 2. The molecule has 8 heteroatoms. The minimum absolute atomic E-state index is 0. The Morgan fingerprint density at radius 3 is 2.37 bits per heavy atom. The van der Waals surface area contributed by atoms with Crippen molar-refractivity contribution in [2.24, 2.45) is 5.92 Å². The van der Waals surface area contributed by atoms with Crippen LogP contribution < -0.4 is 11.0 Å². The maximum atomic E-state index is 13.0. The molecule has 0 saturated heterocycles. The van der Waals surface area contributed by atoms with Crippen molar-refractivity contribution in [1.82, 2.24) is 8.97 Å². The Morgan fingerprint density at radius 2 is 1.78 bits per heavy atom. The summed E-state index contributed by atoms with van der Waals surface area (Å²) in [6.07, 6.45) is 4.23. The Kier molecular flexibility index (Phi) is 5.85. The van der Waals surface area contributed by atoms with Gasteiger partial charge in [-0.25, -0.2) is 4.39 Å². The molecular formula is C19H18ClFN2O4. The summed E-state index contributed by atoms with van der Waals surface area (Å²) in [5, 5.41) is 10.2. The van der Waals surface area contributed by atoms with E-state index in [1.807, 2.05) is 0 Å². The summed E-state index contributed by atoms with van der Waals surface area (Å²) < 4.78 is 15.6. The van der Waals surface area contributed by atoms with Crippen LogP contribution in [0.4, 0.5) is 4.39 Å². The molecule has 2 heterocycles. The van der Waals surface area contributed by atoms with E-state index in [1.54, 1.807) is 26.0 Å². The lowest BCUT2D eigenvalue weighted by molar-refractivity contribution is 0.0937. The first-order valence-corrected chi connectivity index (χ1v) is 8.05. The van der Waals surface area contributed by atoms with Gasteiger partial charge in [0.25, 0.3) is 5.56 Å². The SMILES string of the molecule is CC(C)C(=O)c1cn2ccn(Cc3ccc(F)cc3)c(=O)c2c(O)c1=O.Cl. The van der Waals surface area contributed by atoms with Gasteiger partial charge in [-0.2, -0.15) is 0 Å². The van der Waals surface area contributed by atoms with Gasteiger partial charge in [0, 0.05) is 24.5 Å². The molecule has 0 aliphatic rings. The van der Waals surface area contributed by atoms with E-state index < -0.39 is 28.4 Å². The molecule has 142 valence electrons. The molecule has 0 spiro atoms. The lowest BCUT2D eigenvalue weighted by atomic mass is 10.0. The van der Waals surface area contributed by atoms with Gasteiger partial charge >= 0.3 is 0 Å². The average Bonchev–Trinajstić information content (AvgIpc) is 2.61. The molecule has 0 unspecified atom stereocenters. The number of ketones is 1. The molecule has 0 amide bonds. The van der Waals surface area contributed by atoms with Crippen LogP contribution in [0.2, 0.25) is 0 Å². The molecule has 1 N–H and O–H groups in total. The van der Waals surface area contributed by atoms with E-state index in [0.29, 0.717) is 5.56 Å². The number of aromatic nitrogens is 2. The highest BCUT2D eigenvalue weighted by Gasteiger charge is 2.20. The first kappa shape index (κ1) is 20.4. The van der Waals surface area contributed by atoms with Crippen LogP contribution in [-0.2, 0) is 6.54 Å². The van der Waals surface area contributed by atoms with Gasteiger partial charge in [0.2, 0.25) is 5.43 Å². The number of carbonyl (C=O) groups excluding carboxylic acids is 1. The molecule has 2 aromatic heterocycles. The van der Waals surface area contributed by atoms with E-state index in [1.165, 1.54) is 39.7 Å². The fourth-order valence-electron chi connectivity index (χ4n) is 2.70. The van der Waals surface area contributed by atoms with Gasteiger partial charge in [0.15, 0.2) is 17.0 Å². The molecule has 27 heavy (non-hydrogen) atoms. The predicted octanol–water partition coefficient (Wildman–Crippen LogP) is 2.61. The van der Waals surface area contributed by atoms with Crippen molar-refractivity contribution in [2.75, 3.05) is 0 Å². The van der Waals surface area contributed by atoms with E-state index >= 15 is 0 Å². The zero-order valence-electron chi connectivity index (χ0n) is 14.7. The molecule has 3 rings (SSSR count). The second kappa shape index (κ2) is 7.75. The number of Topliss-reactive ketones (excluding diaryl/α,β-unsaturated/α-hetero) is 1. The second-order valence-corrected chi connectivity index (χ2v) is 6.35. The Hall–Kier alpha value is -2.93. The number of rotatable bonds is 4. The summed E-state index contributed by atoms with van der Waals surface area (Å²) in [6, 6.07) is 5.66. The number of fused-ring (bicyclic) bond motifs is 1. The van der Waals surface area contributed by atoms with E-state index in [9.17, 15) is 23.9 Å². The molecule has 0 aliphatic carbocycles. The van der Waals surface area contributed by atoms with Crippen LogP contribution in [0.15, 0.2) is 52.4 Å². The monoisotopic (exact) mass is 392 g/mol. The van der Waals surface area contributed by atoms with Gasteiger partial charge in [-0.1, -0.05) is 26.0 Å². The minimum atomic E-state index is -0.861. The number of aromatic hydroxyl groups is 1. The summed E-state index contributed by atoms with van der Waals surface area (Å²) >= 11 is 0. The Morgan fingerprint density at radius 1 is 1.15 bits per heavy atom. The van der Waals surface area contributed by atoms with E-state index in [0.717, 1.165) is 0 Å². The maximum absolute atomic E-state index is 13.0. The van der Waals surface area contributed by atoms with Crippen molar-refractivity contribution >= 4 is 23.7 Å². The summed E-state index contributed by atoms with van der Waals surface area (Å²) in [7, 11) is 0. The van der Waals surface area contributed by atoms with Crippen LogP contribution in [0.3, 0.4) is 0 Å². The Labute approximate surface area is 159 Å². The van der Waals surface area contributed by atoms with Gasteiger partial charge in [-0.15, -0.1) is 12.4 Å². The second-order valence-electron chi connectivity index (χ2n) is 6.35. The highest BCUT2D eigenvalue weighted by molar-refractivity contribution is 5.98. The average molecular weight is 393 g/mol. The highest BCUT2D eigenvalue weighted by atomic mass is 35.5.